The Balaban J connectivity index is 2.76. The molecule has 0 heterocycles. The van der Waals surface area contributed by atoms with Gasteiger partial charge in [0.1, 0.15) is 0 Å². The highest BCUT2D eigenvalue weighted by molar-refractivity contribution is 7.91. The molecule has 0 aromatic heterocycles. The SMILES string of the molecule is Cc1cc(N(C(=O)CCC(N)=O)c2cc(C)c(S(=O)(=O)C[N+](=O)[O-])c(C)c2)cc(C)c1S(=O)(=O)C[N+](=O)[O-]. The van der Waals surface area contributed by atoms with E-state index in [1.54, 1.807) is 0 Å². The highest BCUT2D eigenvalue weighted by atomic mass is 32.2. The summed E-state index contributed by atoms with van der Waals surface area (Å²) in [7, 11) is -8.60. The maximum Gasteiger partial charge on any atom is 0.305 e. The van der Waals surface area contributed by atoms with E-state index in [-0.39, 0.29) is 56.3 Å². The van der Waals surface area contributed by atoms with Crippen LogP contribution in [0.15, 0.2) is 34.1 Å². The van der Waals surface area contributed by atoms with Gasteiger partial charge in [-0.3, -0.25) is 34.7 Å². The summed E-state index contributed by atoms with van der Waals surface area (Å²) in [6.07, 6.45) is -0.649. The predicted molar refractivity (Wildman–Crippen MR) is 136 cm³/mol. The molecule has 38 heavy (non-hydrogen) atoms. The maximum absolute atomic E-state index is 13.3. The number of hydrogen-bond acceptors (Lipinski definition) is 10. The van der Waals surface area contributed by atoms with Crippen molar-refractivity contribution in [2.45, 2.75) is 50.3 Å². The van der Waals surface area contributed by atoms with E-state index in [4.69, 9.17) is 5.73 Å². The first-order chi connectivity index (χ1) is 17.4. The minimum Gasteiger partial charge on any atom is -0.370 e. The predicted octanol–water partition coefficient (Wildman–Crippen LogP) is 1.87. The molecule has 2 aromatic carbocycles. The molecule has 14 nitrogen and oxygen atoms in total. The molecular formula is C22H26N4O10S2. The quantitative estimate of drug-likeness (QED) is 0.305. The number of nitro groups is 2. The molecule has 2 aromatic rings. The van der Waals surface area contributed by atoms with Gasteiger partial charge in [-0.1, -0.05) is 0 Å². The molecule has 0 aliphatic rings. The van der Waals surface area contributed by atoms with Gasteiger partial charge in [0.2, 0.25) is 31.5 Å². The number of carbonyl (C=O) groups is 2. The van der Waals surface area contributed by atoms with E-state index in [0.29, 0.717) is 0 Å². The third kappa shape index (κ3) is 6.89. The maximum atomic E-state index is 13.3. The van der Waals surface area contributed by atoms with E-state index >= 15 is 0 Å². The number of aryl methyl sites for hydroxylation is 4. The molecule has 16 heteroatoms. The molecule has 0 atom stereocenters. The fourth-order valence-corrected chi connectivity index (χ4v) is 7.29. The monoisotopic (exact) mass is 570 g/mol. The Kier molecular flexibility index (Phi) is 8.95. The molecule has 2 amide bonds. The van der Waals surface area contributed by atoms with Crippen LogP contribution in [0.5, 0.6) is 0 Å². The molecule has 0 spiro atoms. The Hall–Kier alpha value is -3.92. The Bertz CT molecular complexity index is 1400. The van der Waals surface area contributed by atoms with Gasteiger partial charge in [-0.2, -0.15) is 0 Å². The Morgan fingerprint density at radius 1 is 0.737 bits per heavy atom. The van der Waals surface area contributed by atoms with Crippen LogP contribution in [0.1, 0.15) is 35.1 Å². The zero-order chi connectivity index (χ0) is 29.2. The summed E-state index contributed by atoms with van der Waals surface area (Å²) < 4.78 is 50.3. The molecule has 0 unspecified atom stereocenters. The summed E-state index contributed by atoms with van der Waals surface area (Å²) in [4.78, 5) is 44.9. The number of amides is 2. The molecule has 0 saturated heterocycles. The zero-order valence-electron chi connectivity index (χ0n) is 21.0. The number of nitrogens with two attached hydrogens (primary N) is 1. The van der Waals surface area contributed by atoms with Crippen molar-refractivity contribution >= 4 is 42.9 Å². The van der Waals surface area contributed by atoms with Crippen LogP contribution in [-0.2, 0) is 29.3 Å². The molecule has 0 radical (unpaired) electrons. The van der Waals surface area contributed by atoms with Crippen LogP contribution in [-0.4, -0.2) is 50.3 Å². The first-order valence-corrected chi connectivity index (χ1v) is 14.2. The molecule has 0 aliphatic carbocycles. The van der Waals surface area contributed by atoms with Crippen LogP contribution in [0.4, 0.5) is 11.4 Å². The second-order valence-electron chi connectivity index (χ2n) is 8.67. The van der Waals surface area contributed by atoms with Crippen molar-refractivity contribution in [2.24, 2.45) is 5.73 Å². The van der Waals surface area contributed by atoms with Gasteiger partial charge in [-0.15, -0.1) is 0 Å². The smallest absolute Gasteiger partial charge is 0.305 e. The van der Waals surface area contributed by atoms with Gasteiger partial charge in [0.25, 0.3) is 0 Å². The molecule has 0 bridgehead atoms. The Morgan fingerprint density at radius 2 is 1.05 bits per heavy atom. The molecule has 206 valence electrons. The van der Waals surface area contributed by atoms with Crippen LogP contribution in [0.2, 0.25) is 0 Å². The van der Waals surface area contributed by atoms with Gasteiger partial charge in [-0.05, 0) is 74.2 Å². The van der Waals surface area contributed by atoms with Crippen molar-refractivity contribution < 1.29 is 36.3 Å². The summed E-state index contributed by atoms with van der Waals surface area (Å²) in [5, 5.41) is 21.7. The molecule has 0 aliphatic heterocycles. The van der Waals surface area contributed by atoms with Crippen molar-refractivity contribution in [2.75, 3.05) is 16.7 Å². The topological polar surface area (TPSA) is 218 Å². The molecule has 2 N–H and O–H groups in total. The van der Waals surface area contributed by atoms with Crippen molar-refractivity contribution in [3.8, 4) is 0 Å². The van der Waals surface area contributed by atoms with Gasteiger partial charge >= 0.3 is 11.8 Å². The van der Waals surface area contributed by atoms with E-state index in [1.165, 1.54) is 52.0 Å². The van der Waals surface area contributed by atoms with Crippen LogP contribution in [0, 0.1) is 47.9 Å². The second-order valence-corrected chi connectivity index (χ2v) is 12.5. The van der Waals surface area contributed by atoms with E-state index < -0.39 is 53.1 Å². The minimum atomic E-state index is -4.30. The lowest BCUT2D eigenvalue weighted by Crippen LogP contribution is -2.28. The average Bonchev–Trinajstić information content (AvgIpc) is 2.68. The Morgan fingerprint density at radius 3 is 1.32 bits per heavy atom. The number of anilines is 2. The van der Waals surface area contributed by atoms with Crippen LogP contribution < -0.4 is 10.6 Å². The summed E-state index contributed by atoms with van der Waals surface area (Å²) >= 11 is 0. The number of rotatable bonds is 11. The third-order valence-electron chi connectivity index (χ3n) is 5.41. The second kappa shape index (κ2) is 11.2. The lowest BCUT2D eigenvalue weighted by molar-refractivity contribution is -0.458. The zero-order valence-corrected chi connectivity index (χ0v) is 22.6. The third-order valence-corrected chi connectivity index (χ3v) is 9.05. The van der Waals surface area contributed by atoms with Gasteiger partial charge < -0.3 is 5.73 Å². The Labute approximate surface area is 218 Å². The standard InChI is InChI=1S/C22H26N4O10S2/c1-13-7-17(8-14(2)21(13)37(33,34)11-24(29)30)26(20(28)6-5-19(23)27)18-9-15(3)22(16(4)10-18)38(35,36)12-25(31)32/h7-10H,5-6,11-12H2,1-4H3,(H2,23,27). The molecule has 2 rings (SSSR count). The van der Waals surface area contributed by atoms with Gasteiger partial charge in [0, 0.05) is 34.1 Å². The minimum absolute atomic E-state index is 0.119. The largest absolute Gasteiger partial charge is 0.370 e. The van der Waals surface area contributed by atoms with Gasteiger partial charge in [0.15, 0.2) is 0 Å². The van der Waals surface area contributed by atoms with Gasteiger partial charge in [-0.25, -0.2) is 16.8 Å². The molecule has 0 fully saturated rings. The highest BCUT2D eigenvalue weighted by Crippen LogP contribution is 2.35. The van der Waals surface area contributed by atoms with Crippen LogP contribution in [0.25, 0.3) is 0 Å². The van der Waals surface area contributed by atoms with E-state index in [9.17, 15) is 46.7 Å². The molecule has 0 saturated carbocycles. The number of benzene rings is 2. The lowest BCUT2D eigenvalue weighted by atomic mass is 10.1. The normalized spacial score (nSPS) is 11.7. The van der Waals surface area contributed by atoms with E-state index in [2.05, 4.69) is 0 Å². The number of carbonyl (C=O) groups excluding carboxylic acids is 2. The van der Waals surface area contributed by atoms with Gasteiger partial charge in [0.05, 0.1) is 9.79 Å². The van der Waals surface area contributed by atoms with E-state index in [1.807, 2.05) is 0 Å². The summed E-state index contributed by atoms with van der Waals surface area (Å²) in [5.41, 5.74) is 5.95. The number of sulfone groups is 2. The van der Waals surface area contributed by atoms with Crippen LogP contribution >= 0.6 is 0 Å². The summed E-state index contributed by atoms with van der Waals surface area (Å²) in [5.74, 6) is -4.04. The molecular weight excluding hydrogens is 544 g/mol. The van der Waals surface area contributed by atoms with E-state index in [0.717, 1.165) is 4.90 Å². The highest BCUT2D eigenvalue weighted by Gasteiger charge is 2.30. The summed E-state index contributed by atoms with van der Waals surface area (Å²) in [6, 6.07) is 5.29. The summed E-state index contributed by atoms with van der Waals surface area (Å²) in [6.45, 7) is 5.61. The first kappa shape index (κ1) is 30.3. The lowest BCUT2D eigenvalue weighted by Gasteiger charge is -2.26. The fraction of sp³-hybridized carbons (Fsp3) is 0.364. The van der Waals surface area contributed by atoms with Crippen molar-refractivity contribution in [1.29, 1.82) is 0 Å². The number of primary amides is 1. The van der Waals surface area contributed by atoms with Crippen molar-refractivity contribution in [3.63, 3.8) is 0 Å². The van der Waals surface area contributed by atoms with Crippen LogP contribution in [0.3, 0.4) is 0 Å². The number of nitrogens with zero attached hydrogens (tertiary/aromatic N) is 3. The van der Waals surface area contributed by atoms with Crippen molar-refractivity contribution in [1.82, 2.24) is 0 Å². The first-order valence-electron chi connectivity index (χ1n) is 10.9. The number of hydrogen-bond donors (Lipinski definition) is 1. The fourth-order valence-electron chi connectivity index (χ4n) is 4.28. The van der Waals surface area contributed by atoms with Crippen molar-refractivity contribution in [3.05, 3.63) is 66.7 Å². The average molecular weight is 571 g/mol.